The standard InChI is InChI=1S/C24H26Cl2N6O3S/c1-24(2,3)16-5-7-20(18(26)13-16)32-23(28-29-30-32)36-14-21(33)27-19-6-4-15(12-17(19)25)22(34)31-8-10-35-11-9-31/h4-7,12-13H,8-11,14H2,1-3H3,(H,27,33). The average Bonchev–Trinajstić information content (AvgIpc) is 3.32. The van der Waals surface area contributed by atoms with E-state index >= 15 is 0 Å². The first-order valence-electron chi connectivity index (χ1n) is 11.3. The van der Waals surface area contributed by atoms with Crippen LogP contribution in [0.2, 0.25) is 10.0 Å². The predicted octanol–water partition coefficient (Wildman–Crippen LogP) is 4.47. The van der Waals surface area contributed by atoms with Crippen LogP contribution in [0.25, 0.3) is 5.69 Å². The van der Waals surface area contributed by atoms with Crippen molar-refractivity contribution in [1.29, 1.82) is 0 Å². The molecule has 0 saturated carbocycles. The number of carbonyl (C=O) groups is 2. The third-order valence-electron chi connectivity index (χ3n) is 5.60. The number of tetrazole rings is 1. The number of carbonyl (C=O) groups excluding carboxylic acids is 2. The highest BCUT2D eigenvalue weighted by atomic mass is 35.5. The minimum Gasteiger partial charge on any atom is -0.378 e. The summed E-state index contributed by atoms with van der Waals surface area (Å²) >= 11 is 14.0. The molecule has 2 amide bonds. The second kappa shape index (κ2) is 11.2. The quantitative estimate of drug-likeness (QED) is 0.453. The van der Waals surface area contributed by atoms with Crippen LogP contribution in [0.5, 0.6) is 0 Å². The highest BCUT2D eigenvalue weighted by Gasteiger charge is 2.21. The van der Waals surface area contributed by atoms with Crippen LogP contribution < -0.4 is 5.32 Å². The Kier molecular flexibility index (Phi) is 8.19. The average molecular weight is 549 g/mol. The van der Waals surface area contributed by atoms with E-state index < -0.39 is 0 Å². The molecule has 36 heavy (non-hydrogen) atoms. The van der Waals surface area contributed by atoms with Crippen molar-refractivity contribution in [3.05, 3.63) is 57.6 Å². The summed E-state index contributed by atoms with van der Waals surface area (Å²) in [6, 6.07) is 10.6. The molecule has 1 aromatic heterocycles. The van der Waals surface area contributed by atoms with Gasteiger partial charge < -0.3 is 15.0 Å². The maximum atomic E-state index is 12.7. The second-order valence-corrected chi connectivity index (χ2v) is 11.0. The number of anilines is 1. The highest BCUT2D eigenvalue weighted by molar-refractivity contribution is 7.99. The molecule has 190 valence electrons. The fourth-order valence-electron chi connectivity index (χ4n) is 3.58. The van der Waals surface area contributed by atoms with Crippen LogP contribution in [0.4, 0.5) is 5.69 Å². The van der Waals surface area contributed by atoms with Gasteiger partial charge in [-0.15, -0.1) is 5.10 Å². The minimum absolute atomic E-state index is 0.0445. The summed E-state index contributed by atoms with van der Waals surface area (Å²) in [7, 11) is 0. The molecular weight excluding hydrogens is 523 g/mol. The Bertz CT molecular complexity index is 1270. The Morgan fingerprint density at radius 1 is 1.08 bits per heavy atom. The summed E-state index contributed by atoms with van der Waals surface area (Å²) < 4.78 is 6.79. The number of ether oxygens (including phenoxy) is 1. The van der Waals surface area contributed by atoms with E-state index in [4.69, 9.17) is 27.9 Å². The number of nitrogens with zero attached hydrogens (tertiary/aromatic N) is 5. The van der Waals surface area contributed by atoms with Gasteiger partial charge in [0, 0.05) is 18.7 Å². The van der Waals surface area contributed by atoms with Gasteiger partial charge in [0.2, 0.25) is 11.1 Å². The van der Waals surface area contributed by atoms with Crippen LogP contribution in [0.1, 0.15) is 36.7 Å². The Hall–Kier alpha value is -2.66. The van der Waals surface area contributed by atoms with E-state index in [0.717, 1.165) is 5.56 Å². The van der Waals surface area contributed by atoms with Gasteiger partial charge >= 0.3 is 0 Å². The molecule has 0 radical (unpaired) electrons. The van der Waals surface area contributed by atoms with E-state index in [2.05, 4.69) is 41.6 Å². The first-order chi connectivity index (χ1) is 17.1. The summed E-state index contributed by atoms with van der Waals surface area (Å²) in [5.41, 5.74) is 2.55. The molecule has 9 nitrogen and oxygen atoms in total. The van der Waals surface area contributed by atoms with E-state index in [-0.39, 0.29) is 28.0 Å². The molecular formula is C24H26Cl2N6O3S. The van der Waals surface area contributed by atoms with Crippen LogP contribution in [0.3, 0.4) is 0 Å². The van der Waals surface area contributed by atoms with Gasteiger partial charge in [-0.2, -0.15) is 4.68 Å². The van der Waals surface area contributed by atoms with Gasteiger partial charge in [0.1, 0.15) is 0 Å². The van der Waals surface area contributed by atoms with Crippen LogP contribution >= 0.6 is 35.0 Å². The van der Waals surface area contributed by atoms with Crippen molar-refractivity contribution in [3.63, 3.8) is 0 Å². The van der Waals surface area contributed by atoms with Gasteiger partial charge in [-0.05, 0) is 51.7 Å². The molecule has 0 unspecified atom stereocenters. The summed E-state index contributed by atoms with van der Waals surface area (Å²) in [6.45, 7) is 8.44. The topological polar surface area (TPSA) is 102 Å². The SMILES string of the molecule is CC(C)(C)c1ccc(-n2nnnc2SCC(=O)Nc2ccc(C(=O)N3CCOCC3)cc2Cl)c(Cl)c1. The van der Waals surface area contributed by atoms with E-state index in [9.17, 15) is 9.59 Å². The molecule has 2 aromatic carbocycles. The van der Waals surface area contributed by atoms with Gasteiger partial charge in [-0.3, -0.25) is 9.59 Å². The second-order valence-electron chi connectivity index (χ2n) is 9.23. The Morgan fingerprint density at radius 2 is 1.83 bits per heavy atom. The van der Waals surface area contributed by atoms with Crippen molar-refractivity contribution in [2.45, 2.75) is 31.3 Å². The Balaban J connectivity index is 1.39. The van der Waals surface area contributed by atoms with E-state index in [1.165, 1.54) is 16.4 Å². The summed E-state index contributed by atoms with van der Waals surface area (Å²) in [5, 5.41) is 15.8. The lowest BCUT2D eigenvalue weighted by atomic mass is 9.87. The predicted molar refractivity (Wildman–Crippen MR) is 140 cm³/mol. The molecule has 0 spiro atoms. The number of aromatic nitrogens is 4. The van der Waals surface area contributed by atoms with Gasteiger partial charge in [-0.1, -0.05) is 61.8 Å². The van der Waals surface area contributed by atoms with Crippen molar-refractivity contribution in [1.82, 2.24) is 25.1 Å². The normalized spacial score (nSPS) is 14.1. The molecule has 0 atom stereocenters. The number of benzene rings is 2. The minimum atomic E-state index is -0.294. The number of rotatable bonds is 6. The third kappa shape index (κ3) is 6.18. The van der Waals surface area contributed by atoms with Crippen molar-refractivity contribution in [2.24, 2.45) is 0 Å². The van der Waals surface area contributed by atoms with Gasteiger partial charge in [-0.25, -0.2) is 0 Å². The van der Waals surface area contributed by atoms with Crippen LogP contribution in [0.15, 0.2) is 41.6 Å². The molecule has 1 saturated heterocycles. The maximum absolute atomic E-state index is 12.7. The number of morpholine rings is 1. The molecule has 3 aromatic rings. The number of halogens is 2. The van der Waals surface area contributed by atoms with Gasteiger partial charge in [0.05, 0.1) is 40.4 Å². The highest BCUT2D eigenvalue weighted by Crippen LogP contribution is 2.30. The molecule has 4 rings (SSSR count). The lowest BCUT2D eigenvalue weighted by molar-refractivity contribution is -0.113. The summed E-state index contributed by atoms with van der Waals surface area (Å²) in [5.74, 6) is -0.365. The van der Waals surface area contributed by atoms with Crippen molar-refractivity contribution < 1.29 is 14.3 Å². The van der Waals surface area contributed by atoms with Crippen LogP contribution in [-0.2, 0) is 14.9 Å². The zero-order valence-electron chi connectivity index (χ0n) is 20.1. The van der Waals surface area contributed by atoms with Crippen LogP contribution in [0, 0.1) is 0 Å². The largest absolute Gasteiger partial charge is 0.378 e. The summed E-state index contributed by atoms with van der Waals surface area (Å²) in [4.78, 5) is 27.0. The zero-order valence-corrected chi connectivity index (χ0v) is 22.5. The molecule has 1 aliphatic heterocycles. The molecule has 0 aliphatic carbocycles. The fourth-order valence-corrected chi connectivity index (χ4v) is 4.75. The smallest absolute Gasteiger partial charge is 0.254 e. The molecule has 1 aliphatic rings. The Labute approximate surface area is 223 Å². The maximum Gasteiger partial charge on any atom is 0.254 e. The number of amides is 2. The van der Waals surface area contributed by atoms with Crippen LogP contribution in [-0.4, -0.2) is 69.0 Å². The molecule has 2 heterocycles. The number of nitrogens with one attached hydrogen (secondary N) is 1. The van der Waals surface area contributed by atoms with E-state index in [1.54, 1.807) is 23.1 Å². The molecule has 0 bridgehead atoms. The first-order valence-corrected chi connectivity index (χ1v) is 13.1. The fraction of sp³-hybridized carbons (Fsp3) is 0.375. The number of hydrogen-bond acceptors (Lipinski definition) is 7. The van der Waals surface area contributed by atoms with Crippen molar-refractivity contribution in [3.8, 4) is 5.69 Å². The van der Waals surface area contributed by atoms with E-state index in [0.29, 0.717) is 53.4 Å². The van der Waals surface area contributed by atoms with Gasteiger partial charge in [0.15, 0.2) is 0 Å². The molecule has 12 heteroatoms. The van der Waals surface area contributed by atoms with Gasteiger partial charge in [0.25, 0.3) is 5.91 Å². The molecule has 1 N–H and O–H groups in total. The number of thioether (sulfide) groups is 1. The lowest BCUT2D eigenvalue weighted by Crippen LogP contribution is -2.40. The Morgan fingerprint density at radius 3 is 2.50 bits per heavy atom. The summed E-state index contributed by atoms with van der Waals surface area (Å²) in [6.07, 6.45) is 0. The first kappa shape index (κ1) is 26.4. The monoisotopic (exact) mass is 548 g/mol. The lowest BCUT2D eigenvalue weighted by Gasteiger charge is -2.27. The van der Waals surface area contributed by atoms with Crippen molar-refractivity contribution in [2.75, 3.05) is 37.4 Å². The molecule has 1 fully saturated rings. The number of hydrogen-bond donors (Lipinski definition) is 1. The third-order valence-corrected chi connectivity index (χ3v) is 7.14. The van der Waals surface area contributed by atoms with Crippen molar-refractivity contribution >= 4 is 52.5 Å². The van der Waals surface area contributed by atoms with E-state index in [1.807, 2.05) is 18.2 Å². The zero-order chi connectivity index (χ0) is 25.9.